The van der Waals surface area contributed by atoms with Crippen molar-refractivity contribution < 1.29 is 23.0 Å². The lowest BCUT2D eigenvalue weighted by Crippen LogP contribution is -2.58. The Morgan fingerprint density at radius 3 is 2.85 bits per heavy atom. The molecule has 0 aromatic heterocycles. The predicted molar refractivity (Wildman–Crippen MR) is 89.4 cm³/mol. The Balaban J connectivity index is 1.39. The lowest BCUT2D eigenvalue weighted by atomic mass is 9.93. The molecule has 2 N–H and O–H groups in total. The summed E-state index contributed by atoms with van der Waals surface area (Å²) in [5.41, 5.74) is 6.42. The molecule has 6 nitrogen and oxygen atoms in total. The molecular formula is C18H23F2N3O3. The molecule has 1 amide bonds. The fourth-order valence-corrected chi connectivity index (χ4v) is 4.45. The minimum Gasteiger partial charge on any atom is -0.453 e. The van der Waals surface area contributed by atoms with E-state index in [1.807, 2.05) is 0 Å². The number of hydrogen-bond donors (Lipinski definition) is 1. The normalized spacial score (nSPS) is 34.3. The molecular weight excluding hydrogens is 344 g/mol. The van der Waals surface area contributed by atoms with Crippen LogP contribution in [-0.2, 0) is 9.47 Å². The van der Waals surface area contributed by atoms with Crippen LogP contribution in [0, 0.1) is 17.6 Å². The molecule has 26 heavy (non-hydrogen) atoms. The van der Waals surface area contributed by atoms with Gasteiger partial charge in [0, 0.05) is 43.2 Å². The van der Waals surface area contributed by atoms with Crippen LogP contribution in [0.2, 0.25) is 0 Å². The molecule has 0 saturated carbocycles. The number of likely N-dealkylation sites (tertiary alicyclic amines) is 2. The van der Waals surface area contributed by atoms with Gasteiger partial charge in [-0.05, 0) is 24.6 Å². The average Bonchev–Trinajstić information content (AvgIpc) is 2.94. The van der Waals surface area contributed by atoms with Crippen LogP contribution in [0.25, 0.3) is 0 Å². The SMILES string of the molecule is COC(=O)N1CC2CN(C3COC(c4cc(F)ccc4F)C(N)C3)CC21. The van der Waals surface area contributed by atoms with Gasteiger partial charge in [0.15, 0.2) is 0 Å². The van der Waals surface area contributed by atoms with Gasteiger partial charge in [-0.2, -0.15) is 0 Å². The Morgan fingerprint density at radius 2 is 2.12 bits per heavy atom. The third kappa shape index (κ3) is 2.95. The van der Waals surface area contributed by atoms with E-state index in [-0.39, 0.29) is 23.7 Å². The van der Waals surface area contributed by atoms with Gasteiger partial charge in [-0.3, -0.25) is 4.90 Å². The zero-order valence-electron chi connectivity index (χ0n) is 14.6. The maximum atomic E-state index is 14.0. The zero-order valence-corrected chi connectivity index (χ0v) is 14.6. The zero-order chi connectivity index (χ0) is 18.4. The minimum atomic E-state index is -0.646. The van der Waals surface area contributed by atoms with E-state index in [0.29, 0.717) is 25.5 Å². The van der Waals surface area contributed by atoms with Crippen LogP contribution >= 0.6 is 0 Å². The van der Waals surface area contributed by atoms with E-state index in [9.17, 15) is 13.6 Å². The van der Waals surface area contributed by atoms with Gasteiger partial charge in [0.05, 0.1) is 19.8 Å². The van der Waals surface area contributed by atoms with Gasteiger partial charge in [-0.15, -0.1) is 0 Å². The standard InChI is InChI=1S/C18H23F2N3O3/c1-25-18(24)23-7-10-6-22(8-16(10)23)12-5-15(21)17(26-9-12)13-4-11(19)2-3-14(13)20/h2-4,10,12,15-17H,5-9,21H2,1H3. The van der Waals surface area contributed by atoms with Crippen molar-refractivity contribution >= 4 is 6.09 Å². The fourth-order valence-electron chi connectivity index (χ4n) is 4.45. The van der Waals surface area contributed by atoms with E-state index in [0.717, 1.165) is 31.3 Å². The summed E-state index contributed by atoms with van der Waals surface area (Å²) in [6, 6.07) is 3.22. The number of nitrogens with two attached hydrogens (primary N) is 1. The number of hydrogen-bond acceptors (Lipinski definition) is 5. The number of methoxy groups -OCH3 is 1. The van der Waals surface area contributed by atoms with Crippen LogP contribution in [0.4, 0.5) is 13.6 Å². The van der Waals surface area contributed by atoms with Crippen molar-refractivity contribution in [3.8, 4) is 0 Å². The maximum Gasteiger partial charge on any atom is 0.409 e. The molecule has 1 aromatic carbocycles. The van der Waals surface area contributed by atoms with Crippen molar-refractivity contribution in [2.24, 2.45) is 11.7 Å². The summed E-state index contributed by atoms with van der Waals surface area (Å²) in [5.74, 6) is -0.555. The number of ether oxygens (including phenoxy) is 2. The number of carbonyl (C=O) groups is 1. The molecule has 0 radical (unpaired) electrons. The van der Waals surface area contributed by atoms with Crippen LogP contribution in [0.1, 0.15) is 18.1 Å². The minimum absolute atomic E-state index is 0.114. The first-order valence-corrected chi connectivity index (χ1v) is 8.88. The van der Waals surface area contributed by atoms with E-state index in [2.05, 4.69) is 4.90 Å². The molecule has 3 aliphatic rings. The Bertz CT molecular complexity index is 704. The van der Waals surface area contributed by atoms with Crippen LogP contribution in [0.5, 0.6) is 0 Å². The largest absolute Gasteiger partial charge is 0.453 e. The summed E-state index contributed by atoms with van der Waals surface area (Å²) in [7, 11) is 1.39. The lowest BCUT2D eigenvalue weighted by molar-refractivity contribution is -0.0475. The maximum absolute atomic E-state index is 14.0. The number of halogens is 2. The highest BCUT2D eigenvalue weighted by atomic mass is 19.1. The van der Waals surface area contributed by atoms with Gasteiger partial charge in [0.2, 0.25) is 0 Å². The first-order chi connectivity index (χ1) is 12.5. The molecule has 3 fully saturated rings. The molecule has 142 valence electrons. The Hall–Kier alpha value is -1.77. The average molecular weight is 367 g/mol. The van der Waals surface area contributed by atoms with E-state index in [1.165, 1.54) is 7.11 Å². The second-order valence-corrected chi connectivity index (χ2v) is 7.38. The summed E-state index contributed by atoms with van der Waals surface area (Å²) < 4.78 is 38.1. The quantitative estimate of drug-likeness (QED) is 0.858. The van der Waals surface area contributed by atoms with E-state index in [4.69, 9.17) is 15.2 Å². The van der Waals surface area contributed by atoms with Crippen molar-refractivity contribution in [1.29, 1.82) is 0 Å². The molecule has 5 atom stereocenters. The number of carbonyl (C=O) groups excluding carboxylic acids is 1. The first-order valence-electron chi connectivity index (χ1n) is 8.88. The first kappa shape index (κ1) is 17.6. The molecule has 3 aliphatic heterocycles. The molecule has 0 spiro atoms. The lowest BCUT2D eigenvalue weighted by Gasteiger charge is -2.42. The molecule has 3 saturated heterocycles. The van der Waals surface area contributed by atoms with E-state index in [1.54, 1.807) is 4.90 Å². The van der Waals surface area contributed by atoms with Gasteiger partial charge < -0.3 is 20.1 Å². The van der Waals surface area contributed by atoms with Gasteiger partial charge in [-0.25, -0.2) is 13.6 Å². The van der Waals surface area contributed by atoms with Crippen molar-refractivity contribution in [2.75, 3.05) is 33.4 Å². The van der Waals surface area contributed by atoms with Crippen LogP contribution in [0.15, 0.2) is 18.2 Å². The summed E-state index contributed by atoms with van der Waals surface area (Å²) >= 11 is 0. The van der Waals surface area contributed by atoms with E-state index >= 15 is 0 Å². The Kier molecular flexibility index (Phi) is 4.58. The monoisotopic (exact) mass is 367 g/mol. The highest BCUT2D eigenvalue weighted by Gasteiger charge is 2.50. The second kappa shape index (κ2) is 6.75. The number of nitrogens with zero attached hydrogens (tertiary/aromatic N) is 2. The second-order valence-electron chi connectivity index (χ2n) is 7.38. The fraction of sp³-hybridized carbons (Fsp3) is 0.611. The molecule has 1 aromatic rings. The summed E-state index contributed by atoms with van der Waals surface area (Å²) in [6.45, 7) is 2.77. The molecule has 4 rings (SSSR count). The third-order valence-corrected chi connectivity index (χ3v) is 5.86. The van der Waals surface area contributed by atoms with Crippen molar-refractivity contribution in [3.63, 3.8) is 0 Å². The van der Waals surface area contributed by atoms with E-state index < -0.39 is 23.8 Å². The van der Waals surface area contributed by atoms with Crippen LogP contribution in [-0.4, -0.2) is 67.4 Å². The van der Waals surface area contributed by atoms with Gasteiger partial charge in [0.25, 0.3) is 0 Å². The van der Waals surface area contributed by atoms with Gasteiger partial charge in [-0.1, -0.05) is 0 Å². The number of benzene rings is 1. The molecule has 0 bridgehead atoms. The third-order valence-electron chi connectivity index (χ3n) is 5.86. The number of rotatable bonds is 2. The number of fused-ring (bicyclic) bond motifs is 1. The summed E-state index contributed by atoms with van der Waals surface area (Å²) in [4.78, 5) is 15.7. The molecule has 8 heteroatoms. The topological polar surface area (TPSA) is 68.0 Å². The molecule has 5 unspecified atom stereocenters. The van der Waals surface area contributed by atoms with Crippen molar-refractivity contribution in [1.82, 2.24) is 9.80 Å². The van der Waals surface area contributed by atoms with Gasteiger partial charge in [0.1, 0.15) is 17.7 Å². The van der Waals surface area contributed by atoms with Crippen LogP contribution in [0.3, 0.4) is 0 Å². The summed E-state index contributed by atoms with van der Waals surface area (Å²) in [5, 5.41) is 0. The number of amides is 1. The van der Waals surface area contributed by atoms with Crippen molar-refractivity contribution in [3.05, 3.63) is 35.4 Å². The molecule has 0 aliphatic carbocycles. The highest BCUT2D eigenvalue weighted by Crippen LogP contribution is 2.37. The summed E-state index contributed by atoms with van der Waals surface area (Å²) in [6.07, 6.45) is -0.294. The molecule has 3 heterocycles. The Morgan fingerprint density at radius 1 is 1.31 bits per heavy atom. The smallest absolute Gasteiger partial charge is 0.409 e. The predicted octanol–water partition coefficient (Wildman–Crippen LogP) is 1.50. The van der Waals surface area contributed by atoms with Gasteiger partial charge >= 0.3 is 6.09 Å². The van der Waals surface area contributed by atoms with Crippen molar-refractivity contribution in [2.45, 2.75) is 30.7 Å². The van der Waals surface area contributed by atoms with Crippen LogP contribution < -0.4 is 5.73 Å². The highest BCUT2D eigenvalue weighted by molar-refractivity contribution is 5.69. The Labute approximate surface area is 150 Å².